The molecule has 0 spiro atoms. The monoisotopic (exact) mass is 521 g/mol. The minimum absolute atomic E-state index is 0.0974. The average molecular weight is 522 g/mol. The lowest BCUT2D eigenvalue weighted by Gasteiger charge is -2.29. The second-order valence-electron chi connectivity index (χ2n) is 9.24. The van der Waals surface area contributed by atoms with Gasteiger partial charge in [-0.05, 0) is 61.6 Å². The van der Waals surface area contributed by atoms with Crippen LogP contribution < -0.4 is 9.62 Å². The zero-order chi connectivity index (χ0) is 26.2. The first-order chi connectivity index (χ1) is 16.4. The summed E-state index contributed by atoms with van der Waals surface area (Å²) in [4.78, 5) is 27.6. The van der Waals surface area contributed by atoms with Crippen molar-refractivity contribution in [2.24, 2.45) is 5.92 Å². The first kappa shape index (κ1) is 28.7. The van der Waals surface area contributed by atoms with E-state index in [1.807, 2.05) is 32.9 Å². The first-order valence-corrected chi connectivity index (χ1v) is 14.0. The molecule has 0 aromatic heterocycles. The molecule has 0 radical (unpaired) electrons. The van der Waals surface area contributed by atoms with Crippen molar-refractivity contribution in [3.05, 3.63) is 64.7 Å². The summed E-state index contributed by atoms with van der Waals surface area (Å²) in [5.74, 6) is -0.173. The molecule has 0 unspecified atom stereocenters. The van der Waals surface area contributed by atoms with E-state index in [0.29, 0.717) is 23.7 Å². The summed E-state index contributed by atoms with van der Waals surface area (Å²) >= 11 is 6.12. The number of sulfonamides is 1. The van der Waals surface area contributed by atoms with Crippen molar-refractivity contribution in [3.63, 3.8) is 0 Å². The summed E-state index contributed by atoms with van der Waals surface area (Å²) in [6.45, 7) is 8.50. The molecule has 2 aromatic rings. The predicted octanol–water partition coefficient (Wildman–Crippen LogP) is 4.38. The molecular weight excluding hydrogens is 486 g/mol. The molecule has 9 heteroatoms. The van der Waals surface area contributed by atoms with E-state index in [1.165, 1.54) is 9.21 Å². The van der Waals surface area contributed by atoms with Gasteiger partial charge in [-0.3, -0.25) is 13.9 Å². The van der Waals surface area contributed by atoms with Crippen molar-refractivity contribution >= 4 is 39.1 Å². The molecule has 2 rings (SSSR count). The normalized spacial score (nSPS) is 12.3. The highest BCUT2D eigenvalue weighted by atomic mass is 35.5. The number of benzene rings is 2. The van der Waals surface area contributed by atoms with Crippen LogP contribution in [0.3, 0.4) is 0 Å². The number of carbonyl (C=O) groups is 2. The number of carbonyl (C=O) groups excluding carboxylic acids is 2. The molecule has 0 saturated heterocycles. The lowest BCUT2D eigenvalue weighted by molar-refractivity contribution is -0.140. The molecule has 2 aromatic carbocycles. The Morgan fingerprint density at radius 1 is 1.06 bits per heavy atom. The molecule has 0 aliphatic carbocycles. The third-order valence-corrected chi connectivity index (χ3v) is 6.96. The highest BCUT2D eigenvalue weighted by Crippen LogP contribution is 2.21. The van der Waals surface area contributed by atoms with Crippen molar-refractivity contribution in [2.45, 2.75) is 53.1 Å². The average Bonchev–Trinajstić information content (AvgIpc) is 2.77. The molecule has 192 valence electrons. The van der Waals surface area contributed by atoms with Gasteiger partial charge in [0.25, 0.3) is 0 Å². The molecule has 0 heterocycles. The number of anilines is 1. The molecule has 0 aliphatic rings. The molecule has 0 aliphatic heterocycles. The third-order valence-electron chi connectivity index (χ3n) is 5.54. The van der Waals surface area contributed by atoms with Crippen LogP contribution in [0.2, 0.25) is 5.02 Å². The molecule has 1 atom stereocenters. The fourth-order valence-corrected chi connectivity index (χ4v) is 4.82. The molecule has 2 amide bonds. The molecule has 0 bridgehead atoms. The summed E-state index contributed by atoms with van der Waals surface area (Å²) in [5.41, 5.74) is 2.32. The van der Waals surface area contributed by atoms with Gasteiger partial charge >= 0.3 is 0 Å². The van der Waals surface area contributed by atoms with E-state index in [0.717, 1.165) is 17.4 Å². The van der Waals surface area contributed by atoms with Gasteiger partial charge in [-0.1, -0.05) is 49.7 Å². The maximum Gasteiger partial charge on any atom is 0.242 e. The largest absolute Gasteiger partial charge is 0.354 e. The Balaban J connectivity index is 2.16. The zero-order valence-electron chi connectivity index (χ0n) is 21.1. The van der Waals surface area contributed by atoms with Crippen LogP contribution >= 0.6 is 11.6 Å². The summed E-state index contributed by atoms with van der Waals surface area (Å²) < 4.78 is 26.1. The highest BCUT2D eigenvalue weighted by Gasteiger charge is 2.26. The van der Waals surface area contributed by atoms with E-state index < -0.39 is 16.1 Å². The SMILES string of the molecule is Cc1cccc(N(CCCC(=O)N(Cc2cccc(Cl)c2)[C@@H](C)C(=O)NCC(C)C)S(C)(=O)=O)c1. The van der Waals surface area contributed by atoms with Crippen molar-refractivity contribution in [2.75, 3.05) is 23.7 Å². The maximum atomic E-state index is 13.3. The van der Waals surface area contributed by atoms with Gasteiger partial charge < -0.3 is 10.2 Å². The topological polar surface area (TPSA) is 86.8 Å². The quantitative estimate of drug-likeness (QED) is 0.449. The highest BCUT2D eigenvalue weighted by molar-refractivity contribution is 7.92. The van der Waals surface area contributed by atoms with Gasteiger partial charge in [0.2, 0.25) is 21.8 Å². The Bertz CT molecular complexity index is 1120. The van der Waals surface area contributed by atoms with Crippen LogP contribution in [-0.4, -0.2) is 50.5 Å². The number of nitrogens with one attached hydrogen (secondary N) is 1. The van der Waals surface area contributed by atoms with Crippen LogP contribution in [0.25, 0.3) is 0 Å². The van der Waals surface area contributed by atoms with Crippen LogP contribution in [0.1, 0.15) is 44.7 Å². The summed E-state index contributed by atoms with van der Waals surface area (Å²) in [6.07, 6.45) is 1.57. The van der Waals surface area contributed by atoms with Gasteiger partial charge in [0.15, 0.2) is 0 Å². The Labute approximate surface area is 214 Å². The first-order valence-electron chi connectivity index (χ1n) is 11.7. The molecule has 0 fully saturated rings. The predicted molar refractivity (Wildman–Crippen MR) is 142 cm³/mol. The lowest BCUT2D eigenvalue weighted by atomic mass is 10.1. The van der Waals surface area contributed by atoms with E-state index in [9.17, 15) is 18.0 Å². The van der Waals surface area contributed by atoms with Crippen molar-refractivity contribution in [3.8, 4) is 0 Å². The molecule has 7 nitrogen and oxygen atoms in total. The fourth-order valence-electron chi connectivity index (χ4n) is 3.65. The van der Waals surface area contributed by atoms with E-state index in [1.54, 1.807) is 43.3 Å². The second-order valence-corrected chi connectivity index (χ2v) is 11.6. The minimum Gasteiger partial charge on any atom is -0.354 e. The standard InChI is InChI=1S/C26H36ClN3O4S/c1-19(2)17-28-26(32)21(4)29(18-22-10-7-11-23(27)16-22)25(31)13-8-14-30(35(5,33)34)24-12-6-9-20(3)15-24/h6-7,9-12,15-16,19,21H,8,13-14,17-18H2,1-5H3,(H,28,32)/t21-/m0/s1. The Morgan fingerprint density at radius 2 is 1.74 bits per heavy atom. The molecular formula is C26H36ClN3O4S. The Hall–Kier alpha value is -2.58. The third kappa shape index (κ3) is 9.18. The Kier molecular flexibility index (Phi) is 10.6. The van der Waals surface area contributed by atoms with Gasteiger partial charge in [0.05, 0.1) is 11.9 Å². The second kappa shape index (κ2) is 12.9. The molecule has 35 heavy (non-hydrogen) atoms. The van der Waals surface area contributed by atoms with Crippen LogP contribution in [0, 0.1) is 12.8 Å². The van der Waals surface area contributed by atoms with Crippen molar-refractivity contribution in [1.82, 2.24) is 10.2 Å². The number of rotatable bonds is 12. The van der Waals surface area contributed by atoms with E-state index in [-0.39, 0.29) is 37.2 Å². The number of amides is 2. The minimum atomic E-state index is -3.52. The van der Waals surface area contributed by atoms with E-state index in [4.69, 9.17) is 11.6 Å². The molecule has 0 saturated carbocycles. The van der Waals surface area contributed by atoms with Crippen LogP contribution in [0.15, 0.2) is 48.5 Å². The number of nitrogens with zero attached hydrogens (tertiary/aromatic N) is 2. The molecule has 1 N–H and O–H groups in total. The lowest BCUT2D eigenvalue weighted by Crippen LogP contribution is -2.48. The van der Waals surface area contributed by atoms with E-state index in [2.05, 4.69) is 5.32 Å². The van der Waals surface area contributed by atoms with Crippen LogP contribution in [0.5, 0.6) is 0 Å². The number of hydrogen-bond donors (Lipinski definition) is 1. The number of halogens is 1. The Morgan fingerprint density at radius 3 is 2.34 bits per heavy atom. The van der Waals surface area contributed by atoms with Gasteiger partial charge in [0.1, 0.15) is 6.04 Å². The summed E-state index contributed by atoms with van der Waals surface area (Å²) in [6, 6.07) is 13.7. The van der Waals surface area contributed by atoms with Crippen molar-refractivity contribution < 1.29 is 18.0 Å². The number of aryl methyl sites for hydroxylation is 1. The van der Waals surface area contributed by atoms with Gasteiger partial charge in [-0.15, -0.1) is 0 Å². The summed E-state index contributed by atoms with van der Waals surface area (Å²) in [5, 5.41) is 3.44. The van der Waals surface area contributed by atoms with Gasteiger partial charge in [-0.2, -0.15) is 0 Å². The van der Waals surface area contributed by atoms with Crippen LogP contribution in [-0.2, 0) is 26.2 Å². The van der Waals surface area contributed by atoms with Gasteiger partial charge in [0, 0.05) is 31.1 Å². The summed E-state index contributed by atoms with van der Waals surface area (Å²) in [7, 11) is -3.52. The smallest absolute Gasteiger partial charge is 0.242 e. The zero-order valence-corrected chi connectivity index (χ0v) is 22.7. The van der Waals surface area contributed by atoms with Crippen molar-refractivity contribution in [1.29, 1.82) is 0 Å². The number of hydrogen-bond acceptors (Lipinski definition) is 4. The van der Waals surface area contributed by atoms with E-state index >= 15 is 0 Å². The maximum absolute atomic E-state index is 13.3. The van der Waals surface area contributed by atoms with Crippen LogP contribution in [0.4, 0.5) is 5.69 Å². The fraction of sp³-hybridized carbons (Fsp3) is 0.462. The van der Waals surface area contributed by atoms with Gasteiger partial charge in [-0.25, -0.2) is 8.42 Å².